The lowest BCUT2D eigenvalue weighted by molar-refractivity contribution is 0.00757. The number of nitrogens with two attached hydrogens (primary N) is 1. The molecule has 1 aromatic heterocycles. The van der Waals surface area contributed by atoms with Gasteiger partial charge in [-0.15, -0.1) is 0 Å². The minimum Gasteiger partial charge on any atom is -0.444 e. The summed E-state index contributed by atoms with van der Waals surface area (Å²) in [6, 6.07) is 1.86. The first-order valence-corrected chi connectivity index (χ1v) is 6.03. The van der Waals surface area contributed by atoms with Crippen molar-refractivity contribution in [2.75, 3.05) is 18.8 Å². The van der Waals surface area contributed by atoms with Crippen LogP contribution in [0.5, 0.6) is 0 Å². The second-order valence-electron chi connectivity index (χ2n) is 5.70. The summed E-state index contributed by atoms with van der Waals surface area (Å²) in [6.07, 6.45) is -0.256. The quantitative estimate of drug-likeness (QED) is 0.818. The molecule has 0 atom stereocenters. The fourth-order valence-corrected chi connectivity index (χ4v) is 2.03. The molecule has 0 aromatic carbocycles. The number of nitrogens with zero attached hydrogens (tertiary/aromatic N) is 3. The number of hydrogen-bond donors (Lipinski definition) is 1. The maximum atomic E-state index is 11.8. The zero-order valence-corrected chi connectivity index (χ0v) is 11.3. The molecule has 100 valence electrons. The molecular weight excluding hydrogens is 232 g/mol. The lowest BCUT2D eigenvalue weighted by atomic mass is 9.97. The van der Waals surface area contributed by atoms with Crippen molar-refractivity contribution < 1.29 is 9.53 Å². The number of anilines is 1. The molecule has 6 heteroatoms. The van der Waals surface area contributed by atoms with E-state index in [0.717, 1.165) is 5.69 Å². The molecule has 2 N–H and O–H groups in total. The van der Waals surface area contributed by atoms with Crippen molar-refractivity contribution >= 4 is 11.9 Å². The van der Waals surface area contributed by atoms with Crippen molar-refractivity contribution in [3.63, 3.8) is 0 Å². The topological polar surface area (TPSA) is 73.4 Å². The zero-order valence-electron chi connectivity index (χ0n) is 11.3. The molecule has 1 fully saturated rings. The Balaban J connectivity index is 1.91. The molecule has 2 rings (SSSR count). The number of nitrogen functional groups attached to an aromatic ring is 1. The molecule has 1 aliphatic rings. The number of carbonyl (C=O) groups excluding carboxylic acids is 1. The molecule has 2 heterocycles. The maximum Gasteiger partial charge on any atom is 0.410 e. The van der Waals surface area contributed by atoms with Crippen molar-refractivity contribution in [1.29, 1.82) is 0 Å². The van der Waals surface area contributed by atoms with E-state index >= 15 is 0 Å². The number of carbonyl (C=O) groups is 1. The van der Waals surface area contributed by atoms with E-state index in [9.17, 15) is 4.79 Å². The van der Waals surface area contributed by atoms with Crippen molar-refractivity contribution in [2.45, 2.75) is 32.3 Å². The van der Waals surface area contributed by atoms with E-state index in [1.54, 1.807) is 9.58 Å². The first-order chi connectivity index (χ1) is 8.26. The molecule has 1 amide bonds. The Morgan fingerprint density at radius 2 is 2.11 bits per heavy atom. The summed E-state index contributed by atoms with van der Waals surface area (Å²) in [4.78, 5) is 13.5. The van der Waals surface area contributed by atoms with Crippen molar-refractivity contribution in [3.05, 3.63) is 11.8 Å². The fraction of sp³-hybridized carbons (Fsp3) is 0.667. The number of aryl methyl sites for hydroxylation is 1. The number of rotatable bonds is 1. The average Bonchev–Trinajstić information content (AvgIpc) is 2.39. The van der Waals surface area contributed by atoms with Crippen LogP contribution in [0, 0.1) is 0 Å². The normalized spacial score (nSPS) is 16.6. The highest BCUT2D eigenvalue weighted by Crippen LogP contribution is 2.28. The van der Waals surface area contributed by atoms with Gasteiger partial charge in [-0.05, 0) is 20.8 Å². The van der Waals surface area contributed by atoms with Crippen LogP contribution in [0.25, 0.3) is 0 Å². The van der Waals surface area contributed by atoms with Crippen LogP contribution in [0.3, 0.4) is 0 Å². The van der Waals surface area contributed by atoms with Crippen LogP contribution >= 0.6 is 0 Å². The van der Waals surface area contributed by atoms with Crippen LogP contribution in [0.15, 0.2) is 6.07 Å². The number of amides is 1. The number of ether oxygens (including phenoxy) is 1. The van der Waals surface area contributed by atoms with Gasteiger partial charge in [0.1, 0.15) is 11.4 Å². The van der Waals surface area contributed by atoms with Crippen molar-refractivity contribution in [2.24, 2.45) is 7.05 Å². The Labute approximate surface area is 107 Å². The second kappa shape index (κ2) is 4.19. The lowest BCUT2D eigenvalue weighted by Gasteiger charge is -2.39. The van der Waals surface area contributed by atoms with Gasteiger partial charge in [-0.1, -0.05) is 0 Å². The van der Waals surface area contributed by atoms with Crippen molar-refractivity contribution in [1.82, 2.24) is 14.7 Å². The van der Waals surface area contributed by atoms with Crippen LogP contribution in [0.4, 0.5) is 10.6 Å². The van der Waals surface area contributed by atoms with Crippen LogP contribution in [-0.4, -0.2) is 39.5 Å². The number of likely N-dealkylation sites (tertiary alicyclic amines) is 1. The zero-order chi connectivity index (χ0) is 13.5. The SMILES string of the molecule is Cn1nc(N)cc1C1CN(C(=O)OC(C)(C)C)C1. The molecule has 0 unspecified atom stereocenters. The summed E-state index contributed by atoms with van der Waals surface area (Å²) >= 11 is 0. The first-order valence-electron chi connectivity index (χ1n) is 6.03. The summed E-state index contributed by atoms with van der Waals surface area (Å²) in [5.74, 6) is 0.815. The van der Waals surface area contributed by atoms with E-state index in [0.29, 0.717) is 24.8 Å². The second-order valence-corrected chi connectivity index (χ2v) is 5.70. The summed E-state index contributed by atoms with van der Waals surface area (Å²) in [7, 11) is 1.86. The Hall–Kier alpha value is -1.72. The molecule has 0 aliphatic carbocycles. The molecule has 0 radical (unpaired) electrons. The van der Waals surface area contributed by atoms with Gasteiger partial charge in [0, 0.05) is 37.8 Å². The third kappa shape index (κ3) is 2.57. The van der Waals surface area contributed by atoms with Crippen molar-refractivity contribution in [3.8, 4) is 0 Å². The predicted octanol–water partition coefficient (Wildman–Crippen LogP) is 1.34. The van der Waals surface area contributed by atoms with E-state index < -0.39 is 5.60 Å². The van der Waals surface area contributed by atoms with Crippen LogP contribution < -0.4 is 5.73 Å². The molecule has 18 heavy (non-hydrogen) atoms. The van der Waals surface area contributed by atoms with Gasteiger partial charge in [0.25, 0.3) is 0 Å². The minimum atomic E-state index is -0.445. The van der Waals surface area contributed by atoms with Gasteiger partial charge in [0.15, 0.2) is 0 Å². The van der Waals surface area contributed by atoms with Crippen LogP contribution in [0.2, 0.25) is 0 Å². The third-order valence-corrected chi connectivity index (χ3v) is 2.89. The summed E-state index contributed by atoms with van der Waals surface area (Å²) in [6.45, 7) is 6.92. The first kappa shape index (κ1) is 12.7. The number of aromatic nitrogens is 2. The van der Waals surface area contributed by atoms with E-state index in [2.05, 4.69) is 5.10 Å². The smallest absolute Gasteiger partial charge is 0.410 e. The van der Waals surface area contributed by atoms with Gasteiger partial charge in [-0.3, -0.25) is 4.68 Å². The molecule has 1 aromatic rings. The van der Waals surface area contributed by atoms with E-state index in [1.165, 1.54) is 0 Å². The molecule has 0 saturated carbocycles. The van der Waals surface area contributed by atoms with E-state index in [-0.39, 0.29) is 6.09 Å². The Morgan fingerprint density at radius 3 is 2.56 bits per heavy atom. The number of hydrogen-bond acceptors (Lipinski definition) is 4. The fourth-order valence-electron chi connectivity index (χ4n) is 2.03. The molecule has 6 nitrogen and oxygen atoms in total. The summed E-state index contributed by atoms with van der Waals surface area (Å²) in [5, 5.41) is 4.10. The average molecular weight is 252 g/mol. The highest BCUT2D eigenvalue weighted by Gasteiger charge is 2.36. The predicted molar refractivity (Wildman–Crippen MR) is 68.2 cm³/mol. The maximum absolute atomic E-state index is 11.8. The van der Waals surface area contributed by atoms with Gasteiger partial charge >= 0.3 is 6.09 Å². The Morgan fingerprint density at radius 1 is 1.50 bits per heavy atom. The molecule has 1 saturated heterocycles. The highest BCUT2D eigenvalue weighted by molar-refractivity contribution is 5.69. The van der Waals surface area contributed by atoms with Gasteiger partial charge < -0.3 is 15.4 Å². The Kier molecular flexibility index (Phi) is 2.96. The van der Waals surface area contributed by atoms with E-state index in [4.69, 9.17) is 10.5 Å². The van der Waals surface area contributed by atoms with E-state index in [1.807, 2.05) is 33.9 Å². The van der Waals surface area contributed by atoms with Gasteiger partial charge in [0.05, 0.1) is 0 Å². The molecule has 0 spiro atoms. The van der Waals surface area contributed by atoms with Gasteiger partial charge in [-0.25, -0.2) is 4.79 Å². The summed E-state index contributed by atoms with van der Waals surface area (Å²) in [5.41, 5.74) is 6.25. The Bertz CT molecular complexity index is 455. The van der Waals surface area contributed by atoms with Gasteiger partial charge in [-0.2, -0.15) is 5.10 Å². The van der Waals surface area contributed by atoms with Gasteiger partial charge in [0.2, 0.25) is 0 Å². The molecule has 1 aliphatic heterocycles. The van der Waals surface area contributed by atoms with Crippen LogP contribution in [-0.2, 0) is 11.8 Å². The largest absolute Gasteiger partial charge is 0.444 e. The highest BCUT2D eigenvalue weighted by atomic mass is 16.6. The third-order valence-electron chi connectivity index (χ3n) is 2.89. The van der Waals surface area contributed by atoms with Crippen LogP contribution in [0.1, 0.15) is 32.4 Å². The molecule has 0 bridgehead atoms. The lowest BCUT2D eigenvalue weighted by Crippen LogP contribution is -2.50. The standard InChI is InChI=1S/C12H20N4O2/c1-12(2,3)18-11(17)16-6-8(7-16)9-5-10(13)14-15(9)4/h5,8H,6-7H2,1-4H3,(H2,13,14). The molecular formula is C12H20N4O2. The minimum absolute atomic E-state index is 0.256. The summed E-state index contributed by atoms with van der Waals surface area (Å²) < 4.78 is 7.07. The monoisotopic (exact) mass is 252 g/mol.